The monoisotopic (exact) mass is 410 g/mol. The molecule has 3 rings (SSSR count). The highest BCUT2D eigenvalue weighted by molar-refractivity contribution is 6.34. The SMILES string of the molecule is CC1(C)CC(CC(=O)c2ccc(Oc3ccccc3C#N)cc2Cl)CC(C)(C)N1. The fourth-order valence-corrected chi connectivity index (χ4v) is 4.89. The van der Waals surface area contributed by atoms with Gasteiger partial charge in [0.05, 0.1) is 10.6 Å². The van der Waals surface area contributed by atoms with Crippen LogP contribution in [-0.2, 0) is 0 Å². The van der Waals surface area contributed by atoms with Crippen molar-refractivity contribution in [1.29, 1.82) is 5.26 Å². The van der Waals surface area contributed by atoms with E-state index in [1.165, 1.54) is 0 Å². The first-order chi connectivity index (χ1) is 13.6. The molecule has 0 aromatic heterocycles. The predicted molar refractivity (Wildman–Crippen MR) is 116 cm³/mol. The van der Waals surface area contributed by atoms with Gasteiger partial charge in [0.1, 0.15) is 17.6 Å². The molecule has 5 heteroatoms. The summed E-state index contributed by atoms with van der Waals surface area (Å²) in [5.74, 6) is 1.32. The maximum absolute atomic E-state index is 12.9. The summed E-state index contributed by atoms with van der Waals surface area (Å²) < 4.78 is 5.79. The number of hydrogen-bond acceptors (Lipinski definition) is 4. The van der Waals surface area contributed by atoms with E-state index in [-0.39, 0.29) is 16.9 Å². The van der Waals surface area contributed by atoms with Gasteiger partial charge in [-0.05, 0) is 70.7 Å². The summed E-state index contributed by atoms with van der Waals surface area (Å²) in [5.41, 5.74) is 0.964. The molecule has 0 radical (unpaired) electrons. The van der Waals surface area contributed by atoms with Gasteiger partial charge >= 0.3 is 0 Å². The van der Waals surface area contributed by atoms with Crippen LogP contribution in [0.4, 0.5) is 0 Å². The van der Waals surface area contributed by atoms with Crippen molar-refractivity contribution in [3.05, 3.63) is 58.6 Å². The predicted octanol–water partition coefficient (Wildman–Crippen LogP) is 6.13. The van der Waals surface area contributed by atoms with E-state index in [0.29, 0.717) is 40.0 Å². The Hall–Kier alpha value is -2.35. The Morgan fingerprint density at radius 1 is 1.17 bits per heavy atom. The van der Waals surface area contributed by atoms with Gasteiger partial charge in [0.25, 0.3) is 0 Å². The van der Waals surface area contributed by atoms with Crippen LogP contribution in [0.1, 0.15) is 62.9 Å². The zero-order valence-corrected chi connectivity index (χ0v) is 18.1. The molecule has 1 aliphatic heterocycles. The van der Waals surface area contributed by atoms with E-state index in [1.807, 2.05) is 0 Å². The van der Waals surface area contributed by atoms with E-state index in [2.05, 4.69) is 39.1 Å². The number of carbonyl (C=O) groups is 1. The molecule has 2 aromatic carbocycles. The zero-order chi connectivity index (χ0) is 21.2. The first-order valence-corrected chi connectivity index (χ1v) is 10.3. The molecule has 29 heavy (non-hydrogen) atoms. The van der Waals surface area contributed by atoms with Crippen LogP contribution in [0.3, 0.4) is 0 Å². The van der Waals surface area contributed by atoms with Gasteiger partial charge in [0.15, 0.2) is 5.78 Å². The minimum atomic E-state index is 0.00230. The first-order valence-electron chi connectivity index (χ1n) is 9.88. The number of ketones is 1. The number of Topliss-reactive ketones (excluding diaryl/α,β-unsaturated/α-hetero) is 1. The Balaban J connectivity index is 1.73. The van der Waals surface area contributed by atoms with Gasteiger partial charge in [-0.15, -0.1) is 0 Å². The number of piperidine rings is 1. The van der Waals surface area contributed by atoms with Gasteiger partial charge in [-0.3, -0.25) is 4.79 Å². The molecule has 0 spiro atoms. The molecule has 4 nitrogen and oxygen atoms in total. The number of ether oxygens (including phenoxy) is 1. The molecule has 0 atom stereocenters. The second-order valence-electron chi connectivity index (χ2n) is 9.15. The Labute approximate surface area is 177 Å². The second kappa shape index (κ2) is 8.18. The number of nitrogens with zero attached hydrogens (tertiary/aromatic N) is 1. The molecule has 0 aliphatic carbocycles. The van der Waals surface area contributed by atoms with Gasteiger partial charge in [-0.25, -0.2) is 0 Å². The lowest BCUT2D eigenvalue weighted by Crippen LogP contribution is -2.57. The van der Waals surface area contributed by atoms with Crippen molar-refractivity contribution in [2.45, 2.75) is 58.0 Å². The van der Waals surface area contributed by atoms with Crippen molar-refractivity contribution in [2.75, 3.05) is 0 Å². The van der Waals surface area contributed by atoms with Gasteiger partial charge < -0.3 is 10.1 Å². The van der Waals surface area contributed by atoms with E-state index >= 15 is 0 Å². The third-order valence-corrected chi connectivity index (χ3v) is 5.54. The highest BCUT2D eigenvalue weighted by Crippen LogP contribution is 2.36. The fourth-order valence-electron chi connectivity index (χ4n) is 4.61. The standard InChI is InChI=1S/C24H27ClN2O2/c1-23(2)13-16(14-24(3,4)27-23)11-21(28)19-10-9-18(12-20(19)25)29-22-8-6-5-7-17(22)15-26/h5-10,12,16,27H,11,13-14H2,1-4H3. The van der Waals surface area contributed by atoms with E-state index in [4.69, 9.17) is 16.3 Å². The molecular formula is C24H27ClN2O2. The quantitative estimate of drug-likeness (QED) is 0.602. The maximum atomic E-state index is 12.9. The van der Waals surface area contributed by atoms with Crippen molar-refractivity contribution in [3.8, 4) is 17.6 Å². The first kappa shape index (κ1) is 21.4. The normalized spacial score (nSPS) is 18.1. The minimum Gasteiger partial charge on any atom is -0.456 e. The average Bonchev–Trinajstić information content (AvgIpc) is 2.59. The maximum Gasteiger partial charge on any atom is 0.164 e. The van der Waals surface area contributed by atoms with Crippen LogP contribution in [0.25, 0.3) is 0 Å². The van der Waals surface area contributed by atoms with Gasteiger partial charge in [-0.1, -0.05) is 23.7 Å². The average molecular weight is 411 g/mol. The van der Waals surface area contributed by atoms with Crippen molar-refractivity contribution in [1.82, 2.24) is 5.32 Å². The second-order valence-corrected chi connectivity index (χ2v) is 9.55. The fraction of sp³-hybridized carbons (Fsp3) is 0.417. The molecule has 1 N–H and O–H groups in total. The summed E-state index contributed by atoms with van der Waals surface area (Å²) in [6.45, 7) is 8.74. The van der Waals surface area contributed by atoms with E-state index < -0.39 is 0 Å². The van der Waals surface area contributed by atoms with Crippen LogP contribution in [0.2, 0.25) is 5.02 Å². The molecule has 0 saturated carbocycles. The molecule has 0 unspecified atom stereocenters. The van der Waals surface area contributed by atoms with Crippen molar-refractivity contribution >= 4 is 17.4 Å². The van der Waals surface area contributed by atoms with Crippen LogP contribution in [-0.4, -0.2) is 16.9 Å². The lowest BCUT2D eigenvalue weighted by Gasteiger charge is -2.46. The summed E-state index contributed by atoms with van der Waals surface area (Å²) in [6, 6.07) is 14.2. The summed E-state index contributed by atoms with van der Waals surface area (Å²) >= 11 is 6.42. The molecule has 152 valence electrons. The summed E-state index contributed by atoms with van der Waals surface area (Å²) in [5, 5.41) is 13.2. The number of hydrogen-bond donors (Lipinski definition) is 1. The third-order valence-electron chi connectivity index (χ3n) is 5.23. The van der Waals surface area contributed by atoms with Gasteiger partial charge in [0.2, 0.25) is 0 Å². The lowest BCUT2D eigenvalue weighted by molar-refractivity contribution is 0.0864. The van der Waals surface area contributed by atoms with E-state index in [0.717, 1.165) is 12.8 Å². The largest absolute Gasteiger partial charge is 0.456 e. The number of halogens is 1. The molecular weight excluding hydrogens is 384 g/mol. The minimum absolute atomic E-state index is 0.00230. The molecule has 1 aliphatic rings. The zero-order valence-electron chi connectivity index (χ0n) is 17.4. The van der Waals surface area contributed by atoms with Crippen LogP contribution >= 0.6 is 11.6 Å². The molecule has 0 bridgehead atoms. The number of benzene rings is 2. The molecule has 1 fully saturated rings. The Bertz CT molecular complexity index is 944. The Morgan fingerprint density at radius 3 is 2.45 bits per heavy atom. The van der Waals surface area contributed by atoms with E-state index in [1.54, 1.807) is 42.5 Å². The smallest absolute Gasteiger partial charge is 0.164 e. The molecule has 2 aromatic rings. The Kier molecular flexibility index (Phi) is 6.03. The number of para-hydroxylation sites is 1. The van der Waals surface area contributed by atoms with Crippen LogP contribution in [0.5, 0.6) is 11.5 Å². The summed E-state index contributed by atoms with van der Waals surface area (Å²) in [6.07, 6.45) is 2.38. The third kappa shape index (κ3) is 5.38. The van der Waals surface area contributed by atoms with Crippen molar-refractivity contribution in [2.24, 2.45) is 5.92 Å². The van der Waals surface area contributed by atoms with Gasteiger partial charge in [-0.2, -0.15) is 5.26 Å². The van der Waals surface area contributed by atoms with Crippen LogP contribution in [0.15, 0.2) is 42.5 Å². The van der Waals surface area contributed by atoms with Crippen molar-refractivity contribution < 1.29 is 9.53 Å². The highest BCUT2D eigenvalue weighted by atomic mass is 35.5. The van der Waals surface area contributed by atoms with Crippen LogP contribution in [0, 0.1) is 17.2 Å². The van der Waals surface area contributed by atoms with Gasteiger partial charge in [0, 0.05) is 29.1 Å². The lowest BCUT2D eigenvalue weighted by atomic mass is 9.74. The Morgan fingerprint density at radius 2 is 1.83 bits per heavy atom. The number of nitriles is 1. The summed E-state index contributed by atoms with van der Waals surface area (Å²) in [4.78, 5) is 12.9. The summed E-state index contributed by atoms with van der Waals surface area (Å²) in [7, 11) is 0. The topological polar surface area (TPSA) is 62.1 Å². The highest BCUT2D eigenvalue weighted by Gasteiger charge is 2.38. The molecule has 1 saturated heterocycles. The van der Waals surface area contributed by atoms with Crippen LogP contribution < -0.4 is 10.1 Å². The van der Waals surface area contributed by atoms with Crippen molar-refractivity contribution in [3.63, 3.8) is 0 Å². The number of nitrogens with one attached hydrogen (secondary N) is 1. The molecule has 0 amide bonds. The molecule has 1 heterocycles. The number of carbonyl (C=O) groups excluding carboxylic acids is 1. The number of rotatable bonds is 5. The van der Waals surface area contributed by atoms with E-state index in [9.17, 15) is 10.1 Å².